The molecule has 0 aromatic carbocycles. The van der Waals surface area contributed by atoms with Gasteiger partial charge in [0.05, 0.1) is 11.3 Å². The van der Waals surface area contributed by atoms with E-state index in [0.29, 0.717) is 5.17 Å². The Kier molecular flexibility index (Phi) is 5.60. The van der Waals surface area contributed by atoms with E-state index < -0.39 is 0 Å². The number of rotatable bonds is 2. The van der Waals surface area contributed by atoms with E-state index in [1.165, 1.54) is 6.42 Å². The Labute approximate surface area is 78.6 Å². The molecule has 0 aliphatic heterocycles. The second kappa shape index (κ2) is 5.61. The largest absolute Gasteiger partial charge is 0.269 e. The van der Waals surface area contributed by atoms with E-state index in [-0.39, 0.29) is 25.5 Å². The topological polar surface area (TPSA) is 52.9 Å². The van der Waals surface area contributed by atoms with Crippen molar-refractivity contribution in [3.8, 4) is 0 Å². The van der Waals surface area contributed by atoms with Gasteiger partial charge in [0.15, 0.2) is 0 Å². The summed E-state index contributed by atoms with van der Waals surface area (Å²) >= 11 is 0. The first-order chi connectivity index (χ1) is 4.84. The molecular weight excluding hydrogens is 197 g/mol. The van der Waals surface area contributed by atoms with Crippen molar-refractivity contribution in [2.45, 2.75) is 38.1 Å². The molecule has 1 fully saturated rings. The van der Waals surface area contributed by atoms with Crippen LogP contribution in [0.1, 0.15) is 32.1 Å². The fourth-order valence-electron chi connectivity index (χ4n) is 1.38. The maximum atomic E-state index is 9.83. The summed E-state index contributed by atoms with van der Waals surface area (Å²) in [4.78, 5) is 9.83. The summed E-state index contributed by atoms with van der Waals surface area (Å²) in [6, 6.07) is -0.0220. The molecule has 0 radical (unpaired) electrons. The monoisotopic (exact) mass is 208 g/mol. The quantitative estimate of drug-likeness (QED) is 0.428. The zero-order chi connectivity index (χ0) is 7.40. The van der Waals surface area contributed by atoms with Gasteiger partial charge in [0, 0.05) is 19.5 Å². The summed E-state index contributed by atoms with van der Waals surface area (Å²) < 4.78 is 0. The van der Waals surface area contributed by atoms with Crippen molar-refractivity contribution in [3.05, 3.63) is 4.91 Å². The Hall–Kier alpha value is -0.0166. The normalized spacial score (nSPS) is 18.6. The fourth-order valence-corrected chi connectivity index (χ4v) is 1.38. The third kappa shape index (κ3) is 3.25. The third-order valence-electron chi connectivity index (χ3n) is 1.98. The van der Waals surface area contributed by atoms with Crippen LogP contribution in [0.5, 0.6) is 0 Å². The van der Waals surface area contributed by atoms with E-state index in [1.54, 1.807) is 0 Å². The van der Waals surface area contributed by atoms with Crippen molar-refractivity contribution in [3.63, 3.8) is 0 Å². The number of hydrogen-bond acceptors (Lipinski definition) is 3. The van der Waals surface area contributed by atoms with E-state index >= 15 is 0 Å². The second-order valence-electron chi connectivity index (χ2n) is 2.69. The van der Waals surface area contributed by atoms with E-state index in [4.69, 9.17) is 5.21 Å². The smallest absolute Gasteiger partial charge is 0.0790 e. The first-order valence-corrected chi connectivity index (χ1v) is 3.66. The Morgan fingerprint density at radius 1 is 1.27 bits per heavy atom. The van der Waals surface area contributed by atoms with Gasteiger partial charge in [-0.1, -0.05) is 19.3 Å². The zero-order valence-electron chi connectivity index (χ0n) is 6.57. The first-order valence-electron chi connectivity index (χ1n) is 3.66. The molecule has 11 heavy (non-hydrogen) atoms. The molecule has 0 aromatic rings. The fraction of sp³-hybridized carbons (Fsp3) is 1.00. The molecule has 0 amide bonds. The van der Waals surface area contributed by atoms with Crippen molar-refractivity contribution in [1.29, 1.82) is 0 Å². The molecule has 0 bridgehead atoms. The minimum Gasteiger partial charge on any atom is -0.269 e. The molecule has 0 spiro atoms. The van der Waals surface area contributed by atoms with Crippen LogP contribution in [0.2, 0.25) is 0 Å². The molecule has 1 aliphatic rings. The molecule has 1 aliphatic carbocycles. The summed E-state index contributed by atoms with van der Waals surface area (Å²) in [6.07, 6.45) is 5.18. The predicted molar refractivity (Wildman–Crippen MR) is 36.3 cm³/mol. The van der Waals surface area contributed by atoms with Crippen LogP contribution in [0.25, 0.3) is 0 Å². The van der Waals surface area contributed by atoms with E-state index in [0.717, 1.165) is 25.7 Å². The van der Waals surface area contributed by atoms with Crippen LogP contribution in [-0.4, -0.2) is 16.4 Å². The average molecular weight is 210 g/mol. The molecule has 5 heteroatoms. The summed E-state index contributed by atoms with van der Waals surface area (Å²) in [5.74, 6) is 0. The van der Waals surface area contributed by atoms with E-state index in [2.05, 4.69) is 5.29 Å². The summed E-state index contributed by atoms with van der Waals surface area (Å²) in [7, 11) is 0. The van der Waals surface area contributed by atoms with Gasteiger partial charge in [0.25, 0.3) is 0 Å². The standard InChI is InChI=1S/C6H12N2O2.Zn/c9-7-8(10)6-4-2-1-3-5-6;/h6,10H,1-5H2;. The molecule has 0 saturated heterocycles. The van der Waals surface area contributed by atoms with Crippen molar-refractivity contribution in [2.24, 2.45) is 5.29 Å². The minimum atomic E-state index is -0.0220. The Bertz CT molecular complexity index is 117. The van der Waals surface area contributed by atoms with Gasteiger partial charge in [-0.25, -0.2) is 0 Å². The minimum absolute atomic E-state index is 0. The van der Waals surface area contributed by atoms with Crippen LogP contribution in [0.3, 0.4) is 0 Å². The molecule has 1 N–H and O–H groups in total. The maximum absolute atomic E-state index is 9.83. The maximum Gasteiger partial charge on any atom is 0.0790 e. The molecular formula is C6H12N2O2Zn. The van der Waals surface area contributed by atoms with Crippen LogP contribution < -0.4 is 0 Å². The Balaban J connectivity index is 0.000001000. The van der Waals surface area contributed by atoms with Crippen molar-refractivity contribution in [1.82, 2.24) is 5.17 Å². The van der Waals surface area contributed by atoms with Crippen LogP contribution >= 0.6 is 0 Å². The second-order valence-corrected chi connectivity index (χ2v) is 2.69. The zero-order valence-corrected chi connectivity index (χ0v) is 9.54. The van der Waals surface area contributed by atoms with Crippen LogP contribution in [0.4, 0.5) is 0 Å². The van der Waals surface area contributed by atoms with Gasteiger partial charge < -0.3 is 0 Å². The van der Waals surface area contributed by atoms with Crippen LogP contribution in [0.15, 0.2) is 5.29 Å². The molecule has 1 rings (SSSR count). The van der Waals surface area contributed by atoms with Crippen molar-refractivity contribution < 1.29 is 24.7 Å². The molecule has 0 atom stereocenters. The SMILES string of the molecule is O=NN(O)C1CCCCC1.[Zn]. The average Bonchev–Trinajstić information content (AvgIpc) is 2.05. The van der Waals surface area contributed by atoms with Gasteiger partial charge in [-0.15, -0.1) is 10.1 Å². The van der Waals surface area contributed by atoms with Gasteiger partial charge >= 0.3 is 0 Å². The molecule has 1 saturated carbocycles. The van der Waals surface area contributed by atoms with E-state index in [9.17, 15) is 4.91 Å². The molecule has 0 heterocycles. The third-order valence-corrected chi connectivity index (χ3v) is 1.98. The van der Waals surface area contributed by atoms with Gasteiger partial charge in [-0.3, -0.25) is 5.21 Å². The van der Waals surface area contributed by atoms with Crippen LogP contribution in [-0.2, 0) is 19.5 Å². The predicted octanol–water partition coefficient (Wildman–Crippen LogP) is 1.69. The number of nitroso groups, excluding NO2 is 1. The number of nitrogens with zero attached hydrogens (tertiary/aromatic N) is 2. The number of hydroxylamine groups is 1. The summed E-state index contributed by atoms with van der Waals surface area (Å²) in [5.41, 5.74) is 0. The van der Waals surface area contributed by atoms with Gasteiger partial charge in [0.2, 0.25) is 0 Å². The summed E-state index contributed by atoms with van der Waals surface area (Å²) in [6.45, 7) is 0. The van der Waals surface area contributed by atoms with E-state index in [1.807, 2.05) is 0 Å². The van der Waals surface area contributed by atoms with Crippen LogP contribution in [0, 0.1) is 4.91 Å². The van der Waals surface area contributed by atoms with Gasteiger partial charge in [-0.2, -0.15) is 0 Å². The van der Waals surface area contributed by atoms with Crippen molar-refractivity contribution in [2.75, 3.05) is 0 Å². The van der Waals surface area contributed by atoms with Crippen molar-refractivity contribution >= 4 is 0 Å². The molecule has 60 valence electrons. The first kappa shape index (κ1) is 11.0. The summed E-state index contributed by atoms with van der Waals surface area (Å²) in [5, 5.41) is 11.8. The van der Waals surface area contributed by atoms with Gasteiger partial charge in [-0.05, 0) is 12.8 Å². The molecule has 0 unspecified atom stereocenters. The number of hydrogen-bond donors (Lipinski definition) is 1. The molecule has 4 nitrogen and oxygen atoms in total. The molecule has 0 aromatic heterocycles. The Morgan fingerprint density at radius 3 is 2.27 bits per heavy atom. The Morgan fingerprint density at radius 2 is 1.82 bits per heavy atom. The van der Waals surface area contributed by atoms with Gasteiger partial charge in [0.1, 0.15) is 0 Å².